The molecule has 0 unspecified atom stereocenters. The van der Waals surface area contributed by atoms with Gasteiger partial charge in [0.2, 0.25) is 11.8 Å². The predicted octanol–water partition coefficient (Wildman–Crippen LogP) is 8.23. The average Bonchev–Trinajstić information content (AvgIpc) is 3.64. The van der Waals surface area contributed by atoms with Crippen molar-refractivity contribution in [1.29, 1.82) is 0 Å². The minimum absolute atomic E-state index is 0.0372. The van der Waals surface area contributed by atoms with Gasteiger partial charge in [-0.05, 0) is 84.0 Å². The lowest BCUT2D eigenvalue weighted by molar-refractivity contribution is -0.142. The number of fused-ring (bicyclic) bond motifs is 4. The highest BCUT2D eigenvalue weighted by Crippen LogP contribution is 2.55. The maximum absolute atomic E-state index is 14.6. The number of aromatic nitrogens is 8. The van der Waals surface area contributed by atoms with E-state index in [-0.39, 0.29) is 68.7 Å². The van der Waals surface area contributed by atoms with Gasteiger partial charge < -0.3 is 44.9 Å². The van der Waals surface area contributed by atoms with Crippen LogP contribution in [0.3, 0.4) is 0 Å². The number of aliphatic hydroxyl groups is 2. The molecular weight excluding hydrogens is 1060 g/mol. The molecule has 0 radical (unpaired) electrons. The van der Waals surface area contributed by atoms with E-state index in [9.17, 15) is 19.8 Å². The molecule has 4 aliphatic rings. The number of carbonyl (C=O) groups is 2. The normalized spacial score (nSPS) is 20.0. The van der Waals surface area contributed by atoms with Gasteiger partial charge in [0, 0.05) is 85.1 Å². The van der Waals surface area contributed by atoms with Crippen molar-refractivity contribution in [1.82, 2.24) is 55.7 Å². The second-order valence-corrected chi connectivity index (χ2v) is 22.6. The molecule has 1 saturated carbocycles. The lowest BCUT2D eigenvalue weighted by atomic mass is 9.91. The zero-order valence-corrected chi connectivity index (χ0v) is 46.2. The van der Waals surface area contributed by atoms with Crippen molar-refractivity contribution >= 4 is 62.6 Å². The van der Waals surface area contributed by atoms with Gasteiger partial charge in [-0.2, -0.15) is 15.1 Å². The maximum atomic E-state index is 14.6. The number of amides is 2. The number of anilines is 1. The number of benzene rings is 4. The van der Waals surface area contributed by atoms with E-state index in [4.69, 9.17) is 47.4 Å². The summed E-state index contributed by atoms with van der Waals surface area (Å²) in [6.45, 7) is 7.36. The van der Waals surface area contributed by atoms with E-state index in [2.05, 4.69) is 47.1 Å². The monoisotopic (exact) mass is 1120 g/mol. The number of carbonyl (C=O) groups excluding carboxylic acids is 2. The molecule has 7 atom stereocenters. The minimum atomic E-state index is -0.980. The first-order chi connectivity index (χ1) is 38.8. The minimum Gasteiger partial charge on any atom is -0.486 e. The van der Waals surface area contributed by atoms with E-state index >= 15 is 0 Å². The number of nitrogens with one attached hydrogen (secondary N) is 3. The Morgan fingerprint density at radius 2 is 1.71 bits per heavy atom. The van der Waals surface area contributed by atoms with Crippen molar-refractivity contribution in [3.05, 3.63) is 124 Å². The van der Waals surface area contributed by atoms with Gasteiger partial charge in [-0.15, -0.1) is 5.10 Å². The first-order valence-electron chi connectivity index (χ1n) is 27.2. The van der Waals surface area contributed by atoms with Crippen molar-refractivity contribution in [3.8, 4) is 45.3 Å². The van der Waals surface area contributed by atoms with E-state index in [1.807, 2.05) is 81.4 Å². The Morgan fingerprint density at radius 3 is 2.41 bits per heavy atom. The van der Waals surface area contributed by atoms with Crippen molar-refractivity contribution in [2.24, 2.45) is 5.92 Å². The number of rotatable bonds is 19. The third-order valence-electron chi connectivity index (χ3n) is 16.0. The van der Waals surface area contributed by atoms with Crippen molar-refractivity contribution < 1.29 is 34.0 Å². The molecule has 7 heterocycles. The molecule has 3 aliphatic heterocycles. The largest absolute Gasteiger partial charge is 0.486 e. The van der Waals surface area contributed by atoms with Gasteiger partial charge in [0.15, 0.2) is 5.75 Å². The van der Waals surface area contributed by atoms with Gasteiger partial charge in [-0.25, -0.2) is 4.68 Å². The highest BCUT2D eigenvalue weighted by atomic mass is 35.5. The summed E-state index contributed by atoms with van der Waals surface area (Å²) in [5.74, 6) is 0.423. The maximum Gasteiger partial charge on any atom is 0.319 e. The number of halogens is 2. The summed E-state index contributed by atoms with van der Waals surface area (Å²) in [7, 11) is 1.64. The molecule has 4 aromatic heterocycles. The van der Waals surface area contributed by atoms with Gasteiger partial charge in [-0.3, -0.25) is 19.7 Å². The van der Waals surface area contributed by atoms with Crippen LogP contribution < -0.4 is 25.0 Å². The molecule has 5 N–H and O–H groups in total. The van der Waals surface area contributed by atoms with E-state index in [0.29, 0.717) is 44.2 Å². The molecule has 19 nitrogen and oxygen atoms in total. The number of piperazine rings is 1. The highest BCUT2D eigenvalue weighted by molar-refractivity contribution is 6.45. The van der Waals surface area contributed by atoms with Crippen LogP contribution in [0, 0.1) is 5.92 Å². The van der Waals surface area contributed by atoms with E-state index in [0.717, 1.165) is 87.8 Å². The van der Waals surface area contributed by atoms with Crippen molar-refractivity contribution in [2.45, 2.75) is 101 Å². The topological polar surface area (TPSA) is 231 Å². The fourth-order valence-corrected chi connectivity index (χ4v) is 12.0. The van der Waals surface area contributed by atoms with Crippen LogP contribution in [0.2, 0.25) is 10.0 Å². The molecule has 3 saturated heterocycles. The summed E-state index contributed by atoms with van der Waals surface area (Å²) in [5, 5.41) is 46.8. The van der Waals surface area contributed by atoms with Crippen LogP contribution in [0.15, 0.2) is 97.6 Å². The summed E-state index contributed by atoms with van der Waals surface area (Å²) >= 11 is 14.2. The quantitative estimate of drug-likeness (QED) is 0.0514. The molecule has 4 fully saturated rings. The van der Waals surface area contributed by atoms with Crippen LogP contribution in [0.4, 0.5) is 5.82 Å². The number of methoxy groups -OCH3 is 1. The van der Waals surface area contributed by atoms with Gasteiger partial charge in [0.05, 0.1) is 52.8 Å². The average molecular weight is 1120 g/mol. The number of nitrogens with zero attached hydrogens (tertiary/aromatic N) is 9. The SMILES string of the molecule is CO[C@@H](C)COc1nc(N2C[C@@H]3C[C@H]2CN3)c2cc(C3CC3)c(-c3c(Cl)c(Cl)cc4[nH]ncc34)c(OCc3ccc(-c4cn([C@H](C(=O)N5C[C@H](O)C[C@H]5C(=O)N[C@@H](CO)c5ccc(-c6cccnc6)cc5)C(C)C)nn4)cc3)c2n1. The van der Waals surface area contributed by atoms with Crippen LogP contribution in [-0.2, 0) is 20.9 Å². The number of hydrogen-bond acceptors (Lipinski definition) is 15. The Kier molecular flexibility index (Phi) is 14.9. The Balaban J connectivity index is 0.823. The third-order valence-corrected chi connectivity index (χ3v) is 16.8. The lowest BCUT2D eigenvalue weighted by Gasteiger charge is -2.30. The second-order valence-electron chi connectivity index (χ2n) is 21.8. The molecule has 80 heavy (non-hydrogen) atoms. The Morgan fingerprint density at radius 1 is 0.912 bits per heavy atom. The Hall–Kier alpha value is -7.26. The fraction of sp³-hybridized carbons (Fsp3) is 0.390. The molecule has 8 aromatic rings. The first kappa shape index (κ1) is 53.4. The first-order valence-corrected chi connectivity index (χ1v) is 28.0. The van der Waals surface area contributed by atoms with Gasteiger partial charge in [0.1, 0.15) is 42.3 Å². The van der Waals surface area contributed by atoms with E-state index < -0.39 is 30.1 Å². The molecule has 2 amide bonds. The van der Waals surface area contributed by atoms with Crippen LogP contribution in [0.5, 0.6) is 11.8 Å². The number of hydrogen-bond donors (Lipinski definition) is 5. The number of likely N-dealkylation sites (tertiary alicyclic amines) is 1. The number of aliphatic hydroxyl groups excluding tert-OH is 2. The Labute approximate surface area is 472 Å². The Bertz CT molecular complexity index is 3580. The predicted molar refractivity (Wildman–Crippen MR) is 304 cm³/mol. The summed E-state index contributed by atoms with van der Waals surface area (Å²) in [5.41, 5.74) is 8.57. The molecule has 1 aliphatic carbocycles. The molecule has 4 aromatic carbocycles. The summed E-state index contributed by atoms with van der Waals surface area (Å²) in [6.07, 6.45) is 8.87. The van der Waals surface area contributed by atoms with E-state index in [1.54, 1.807) is 38.0 Å². The van der Waals surface area contributed by atoms with Gasteiger partial charge in [0.25, 0.3) is 0 Å². The summed E-state index contributed by atoms with van der Waals surface area (Å²) in [6, 6.07) is 21.4. The van der Waals surface area contributed by atoms with Crippen LogP contribution >= 0.6 is 23.2 Å². The zero-order chi connectivity index (χ0) is 55.3. The molecular formula is C59H62Cl2N12O7. The number of aromatic amines is 1. The second kappa shape index (κ2) is 22.3. The lowest BCUT2D eigenvalue weighted by Crippen LogP contribution is -2.50. The molecule has 21 heteroatoms. The number of ether oxygens (including phenoxy) is 3. The molecule has 2 bridgehead atoms. The van der Waals surface area contributed by atoms with Crippen LogP contribution in [-0.4, -0.2) is 137 Å². The highest BCUT2D eigenvalue weighted by Gasteiger charge is 2.44. The standard InChI is InChI=1S/C59H62Cl2N12O7/c1-31(2)54(58(77)72-26-41(75)19-49(72)57(76)65-48(28-74)37-15-11-34(12-16-37)38-6-5-17-62-22-38)73-27-47(69-70-73)36-9-7-33(8-10-36)30-79-55-51(50-44-24-64-68-46(44)21-45(60)52(50)61)42(35-13-14-35)20-43-53(55)66-59(80-29-32(3)78-4)67-56(43)71-25-39-18-40(71)23-63-39/h5-12,15-17,20-22,24,27,31-32,35,39-41,48-49,54,63,74-75H,13-14,18-19,23,25-26,28-30H2,1-4H3,(H,64,68)(H,65,76)/t32-,39-,40-,41+,48-,49-,54-/m0/s1. The number of H-pyrrole nitrogens is 1. The zero-order valence-electron chi connectivity index (χ0n) is 44.7. The third kappa shape index (κ3) is 10.4. The van der Waals surface area contributed by atoms with Gasteiger partial charge in [-0.1, -0.05) is 96.9 Å². The summed E-state index contributed by atoms with van der Waals surface area (Å²) in [4.78, 5) is 46.9. The van der Waals surface area contributed by atoms with Crippen LogP contribution in [0.25, 0.3) is 55.3 Å². The van der Waals surface area contributed by atoms with Crippen molar-refractivity contribution in [2.75, 3.05) is 44.9 Å². The van der Waals surface area contributed by atoms with Gasteiger partial charge >= 0.3 is 6.01 Å². The molecule has 0 spiro atoms. The van der Waals surface area contributed by atoms with Crippen LogP contribution in [0.1, 0.15) is 81.1 Å². The number of β-amino-alcohol motifs (C(OH)–C–C–N with tert-alkyl or cyclic N) is 1. The van der Waals surface area contributed by atoms with E-state index in [1.165, 1.54) is 9.58 Å². The molecule has 12 rings (SSSR count). The summed E-state index contributed by atoms with van der Waals surface area (Å²) < 4.78 is 20.5. The smallest absolute Gasteiger partial charge is 0.319 e. The fourth-order valence-electron chi connectivity index (χ4n) is 11.6. The molecule has 414 valence electrons. The van der Waals surface area contributed by atoms with Crippen molar-refractivity contribution in [3.63, 3.8) is 0 Å². The number of pyridine rings is 1.